The lowest BCUT2D eigenvalue weighted by atomic mass is 10.1. The van der Waals surface area contributed by atoms with Crippen molar-refractivity contribution in [3.8, 4) is 11.5 Å². The van der Waals surface area contributed by atoms with Gasteiger partial charge in [0.2, 0.25) is 0 Å². The van der Waals surface area contributed by atoms with E-state index in [-0.39, 0.29) is 17.4 Å². The molecule has 1 aromatic heterocycles. The Morgan fingerprint density at radius 2 is 1.81 bits per heavy atom. The van der Waals surface area contributed by atoms with Gasteiger partial charge in [0.15, 0.2) is 11.5 Å². The smallest absolute Gasteiger partial charge is 0.272 e. The number of amides is 1. The monoisotopic (exact) mass is 359 g/mol. The Morgan fingerprint density at radius 3 is 2.31 bits per heavy atom. The summed E-state index contributed by atoms with van der Waals surface area (Å²) < 4.78 is 12.5. The number of rotatable bonds is 6. The van der Waals surface area contributed by atoms with Crippen LogP contribution in [0, 0.1) is 0 Å². The maximum Gasteiger partial charge on any atom is 0.272 e. The van der Waals surface area contributed by atoms with Crippen molar-refractivity contribution >= 4 is 5.91 Å². The average molecular weight is 359 g/mol. The second-order valence-electron chi connectivity index (χ2n) is 7.56. The standard InChI is InChI=1S/C20H29N3O3/c1-13(2)16-11-15(22-23(16)20(3,4)5)19(24)21-12-14-8-9-17(25-6)18(10-14)26-7/h8-11,13H,12H2,1-7H3,(H,21,24). The van der Waals surface area contributed by atoms with E-state index in [0.29, 0.717) is 23.7 Å². The molecule has 26 heavy (non-hydrogen) atoms. The van der Waals surface area contributed by atoms with Gasteiger partial charge in [-0.05, 0) is 50.5 Å². The van der Waals surface area contributed by atoms with Gasteiger partial charge in [-0.3, -0.25) is 9.48 Å². The zero-order valence-corrected chi connectivity index (χ0v) is 16.7. The van der Waals surface area contributed by atoms with Gasteiger partial charge in [0.1, 0.15) is 5.69 Å². The summed E-state index contributed by atoms with van der Waals surface area (Å²) in [6, 6.07) is 7.45. The highest BCUT2D eigenvalue weighted by atomic mass is 16.5. The summed E-state index contributed by atoms with van der Waals surface area (Å²) in [4.78, 5) is 12.6. The Hall–Kier alpha value is -2.50. The van der Waals surface area contributed by atoms with Gasteiger partial charge in [-0.1, -0.05) is 19.9 Å². The molecule has 2 rings (SSSR count). The number of nitrogens with zero attached hydrogens (tertiary/aromatic N) is 2. The van der Waals surface area contributed by atoms with Gasteiger partial charge in [-0.2, -0.15) is 5.10 Å². The van der Waals surface area contributed by atoms with Crippen LogP contribution >= 0.6 is 0 Å². The van der Waals surface area contributed by atoms with Crippen molar-refractivity contribution in [3.05, 3.63) is 41.2 Å². The van der Waals surface area contributed by atoms with E-state index in [1.165, 1.54) is 0 Å². The van der Waals surface area contributed by atoms with Crippen LogP contribution in [0.15, 0.2) is 24.3 Å². The number of carbonyl (C=O) groups is 1. The summed E-state index contributed by atoms with van der Waals surface area (Å²) in [6.45, 7) is 10.8. The number of ether oxygens (including phenoxy) is 2. The topological polar surface area (TPSA) is 65.4 Å². The summed E-state index contributed by atoms with van der Waals surface area (Å²) in [5.41, 5.74) is 2.23. The number of methoxy groups -OCH3 is 2. The molecule has 0 aliphatic heterocycles. The highest BCUT2D eigenvalue weighted by Crippen LogP contribution is 2.27. The molecule has 6 heteroatoms. The molecule has 1 N–H and O–H groups in total. The summed E-state index contributed by atoms with van der Waals surface area (Å²) in [7, 11) is 3.18. The molecule has 0 unspecified atom stereocenters. The number of benzene rings is 1. The minimum Gasteiger partial charge on any atom is -0.493 e. The predicted octanol–water partition coefficient (Wildman–Crippen LogP) is 3.71. The molecule has 142 valence electrons. The molecule has 1 aromatic carbocycles. The first-order valence-electron chi connectivity index (χ1n) is 8.77. The van der Waals surface area contributed by atoms with E-state index in [0.717, 1.165) is 11.3 Å². The largest absolute Gasteiger partial charge is 0.493 e. The molecule has 0 aliphatic carbocycles. The van der Waals surface area contributed by atoms with Crippen LogP contribution in [0.2, 0.25) is 0 Å². The Labute approximate surface area is 155 Å². The first-order valence-corrected chi connectivity index (χ1v) is 8.77. The van der Waals surface area contributed by atoms with Crippen molar-refractivity contribution in [2.45, 2.75) is 52.6 Å². The molecule has 0 bridgehead atoms. The van der Waals surface area contributed by atoms with Gasteiger partial charge in [-0.15, -0.1) is 0 Å². The third-order valence-corrected chi connectivity index (χ3v) is 4.10. The molecule has 0 atom stereocenters. The quantitative estimate of drug-likeness (QED) is 0.854. The van der Waals surface area contributed by atoms with Gasteiger partial charge >= 0.3 is 0 Å². The highest BCUT2D eigenvalue weighted by Gasteiger charge is 2.23. The fraction of sp³-hybridized carbons (Fsp3) is 0.500. The van der Waals surface area contributed by atoms with Gasteiger partial charge in [0.05, 0.1) is 19.8 Å². The van der Waals surface area contributed by atoms with Crippen molar-refractivity contribution in [1.29, 1.82) is 0 Å². The first kappa shape index (κ1) is 19.8. The van der Waals surface area contributed by atoms with Gasteiger partial charge in [0, 0.05) is 12.2 Å². The Bertz CT molecular complexity index is 773. The molecule has 0 aliphatic rings. The molecular weight excluding hydrogens is 330 g/mol. The van der Waals surface area contributed by atoms with E-state index in [4.69, 9.17) is 9.47 Å². The first-order chi connectivity index (χ1) is 12.2. The van der Waals surface area contributed by atoms with E-state index >= 15 is 0 Å². The fourth-order valence-corrected chi connectivity index (χ4v) is 2.72. The molecule has 2 aromatic rings. The van der Waals surface area contributed by atoms with E-state index in [1.807, 2.05) is 28.9 Å². The minimum atomic E-state index is -0.190. The number of nitrogens with one attached hydrogen (secondary N) is 1. The fourth-order valence-electron chi connectivity index (χ4n) is 2.72. The summed E-state index contributed by atoms with van der Waals surface area (Å²) in [6.07, 6.45) is 0. The summed E-state index contributed by atoms with van der Waals surface area (Å²) in [5.74, 6) is 1.39. The molecule has 1 heterocycles. The van der Waals surface area contributed by atoms with Crippen LogP contribution in [-0.2, 0) is 12.1 Å². The molecule has 0 spiro atoms. The van der Waals surface area contributed by atoms with Crippen LogP contribution in [-0.4, -0.2) is 29.9 Å². The number of carbonyl (C=O) groups excluding carboxylic acids is 1. The predicted molar refractivity (Wildman–Crippen MR) is 102 cm³/mol. The van der Waals surface area contributed by atoms with Gasteiger partial charge in [0.25, 0.3) is 5.91 Å². The Kier molecular flexibility index (Phi) is 5.95. The number of hydrogen-bond acceptors (Lipinski definition) is 4. The van der Waals surface area contributed by atoms with Crippen molar-refractivity contribution < 1.29 is 14.3 Å². The molecule has 0 saturated carbocycles. The third kappa shape index (κ3) is 4.36. The van der Waals surface area contributed by atoms with Crippen molar-refractivity contribution in [2.24, 2.45) is 0 Å². The Morgan fingerprint density at radius 1 is 1.15 bits per heavy atom. The third-order valence-electron chi connectivity index (χ3n) is 4.10. The van der Waals surface area contributed by atoms with E-state index in [1.54, 1.807) is 14.2 Å². The maximum absolute atomic E-state index is 12.6. The second kappa shape index (κ2) is 7.81. The average Bonchev–Trinajstić information content (AvgIpc) is 3.05. The van der Waals surface area contributed by atoms with Crippen LogP contribution < -0.4 is 14.8 Å². The van der Waals surface area contributed by atoms with E-state index < -0.39 is 0 Å². The van der Waals surface area contributed by atoms with Crippen LogP contribution in [0.3, 0.4) is 0 Å². The zero-order chi connectivity index (χ0) is 19.5. The van der Waals surface area contributed by atoms with Crippen molar-refractivity contribution in [3.63, 3.8) is 0 Å². The highest BCUT2D eigenvalue weighted by molar-refractivity contribution is 5.92. The molecule has 6 nitrogen and oxygen atoms in total. The number of hydrogen-bond donors (Lipinski definition) is 1. The van der Waals surface area contributed by atoms with Crippen LogP contribution in [0.1, 0.15) is 62.3 Å². The van der Waals surface area contributed by atoms with Crippen molar-refractivity contribution in [2.75, 3.05) is 14.2 Å². The van der Waals surface area contributed by atoms with Crippen LogP contribution in [0.25, 0.3) is 0 Å². The van der Waals surface area contributed by atoms with Gasteiger partial charge < -0.3 is 14.8 Å². The molecule has 0 saturated heterocycles. The van der Waals surface area contributed by atoms with Crippen molar-refractivity contribution in [1.82, 2.24) is 15.1 Å². The summed E-state index contributed by atoms with van der Waals surface area (Å²) in [5, 5.41) is 7.46. The zero-order valence-electron chi connectivity index (χ0n) is 16.7. The normalized spacial score (nSPS) is 11.5. The van der Waals surface area contributed by atoms with E-state index in [2.05, 4.69) is 45.0 Å². The molecule has 0 radical (unpaired) electrons. The lowest BCUT2D eigenvalue weighted by Crippen LogP contribution is -2.27. The molecule has 1 amide bonds. The lowest BCUT2D eigenvalue weighted by molar-refractivity contribution is 0.0944. The number of aromatic nitrogens is 2. The second-order valence-corrected chi connectivity index (χ2v) is 7.56. The van der Waals surface area contributed by atoms with E-state index in [9.17, 15) is 4.79 Å². The SMILES string of the molecule is COc1ccc(CNC(=O)c2cc(C(C)C)n(C(C)(C)C)n2)cc1OC. The summed E-state index contributed by atoms with van der Waals surface area (Å²) >= 11 is 0. The molecule has 0 fully saturated rings. The lowest BCUT2D eigenvalue weighted by Gasteiger charge is -2.23. The Balaban J connectivity index is 2.16. The molecular formula is C20H29N3O3. The van der Waals surface area contributed by atoms with Crippen LogP contribution in [0.4, 0.5) is 0 Å². The van der Waals surface area contributed by atoms with Gasteiger partial charge in [-0.25, -0.2) is 0 Å². The minimum absolute atomic E-state index is 0.179. The maximum atomic E-state index is 12.6. The van der Waals surface area contributed by atoms with Crippen LogP contribution in [0.5, 0.6) is 11.5 Å².